The molecule has 0 radical (unpaired) electrons. The van der Waals surface area contributed by atoms with Gasteiger partial charge in [0, 0.05) is 5.56 Å². The van der Waals surface area contributed by atoms with Crippen molar-refractivity contribution in [3.8, 4) is 0 Å². The smallest absolute Gasteiger partial charge is 0.306 e. The minimum absolute atomic E-state index is 0.0528. The number of esters is 1. The summed E-state index contributed by atoms with van der Waals surface area (Å²) in [6.07, 6.45) is 0.0619. The Bertz CT molecular complexity index is 647. The highest BCUT2D eigenvalue weighted by atomic mass is 16.5. The molecular weight excluding hydrogens is 276 g/mol. The summed E-state index contributed by atoms with van der Waals surface area (Å²) >= 11 is 0. The quantitative estimate of drug-likeness (QED) is 0.599. The number of ketones is 1. The van der Waals surface area contributed by atoms with Gasteiger partial charge in [-0.25, -0.2) is 0 Å². The Labute approximate surface area is 130 Å². The molecule has 2 aromatic carbocycles. The van der Waals surface area contributed by atoms with E-state index in [1.54, 1.807) is 19.1 Å². The van der Waals surface area contributed by atoms with Crippen molar-refractivity contribution in [2.45, 2.75) is 26.2 Å². The summed E-state index contributed by atoms with van der Waals surface area (Å²) in [5, 5.41) is 0. The van der Waals surface area contributed by atoms with Crippen molar-refractivity contribution in [1.29, 1.82) is 0 Å². The molecule has 2 rings (SSSR count). The van der Waals surface area contributed by atoms with Crippen LogP contribution in [-0.4, -0.2) is 18.4 Å². The number of hydrogen-bond donors (Lipinski definition) is 0. The Morgan fingerprint density at radius 2 is 1.64 bits per heavy atom. The fourth-order valence-electron chi connectivity index (χ4n) is 2.51. The third-order valence-corrected chi connectivity index (χ3v) is 3.61. The van der Waals surface area contributed by atoms with Gasteiger partial charge >= 0.3 is 5.97 Å². The van der Waals surface area contributed by atoms with Gasteiger partial charge in [0.1, 0.15) is 0 Å². The van der Waals surface area contributed by atoms with E-state index in [2.05, 4.69) is 0 Å². The van der Waals surface area contributed by atoms with Gasteiger partial charge in [0.05, 0.1) is 18.9 Å². The summed E-state index contributed by atoms with van der Waals surface area (Å²) in [5.74, 6) is -0.911. The molecule has 0 fully saturated rings. The van der Waals surface area contributed by atoms with Gasteiger partial charge in [0.15, 0.2) is 5.78 Å². The van der Waals surface area contributed by atoms with Crippen molar-refractivity contribution >= 4 is 11.8 Å². The maximum atomic E-state index is 12.8. The van der Waals surface area contributed by atoms with E-state index in [-0.39, 0.29) is 18.2 Å². The maximum Gasteiger partial charge on any atom is 0.306 e. The Kier molecular flexibility index (Phi) is 5.48. The average molecular weight is 296 g/mol. The lowest BCUT2D eigenvalue weighted by Crippen LogP contribution is -2.19. The van der Waals surface area contributed by atoms with E-state index in [0.717, 1.165) is 11.1 Å². The predicted molar refractivity (Wildman–Crippen MR) is 85.9 cm³/mol. The van der Waals surface area contributed by atoms with E-state index in [4.69, 9.17) is 4.74 Å². The van der Waals surface area contributed by atoms with Gasteiger partial charge in [-0.2, -0.15) is 0 Å². The first-order valence-electron chi connectivity index (χ1n) is 7.44. The minimum atomic E-state index is -0.511. The topological polar surface area (TPSA) is 43.4 Å². The molecule has 0 saturated heterocycles. The lowest BCUT2D eigenvalue weighted by atomic mass is 9.86. The van der Waals surface area contributed by atoms with Crippen molar-refractivity contribution in [3.05, 3.63) is 71.3 Å². The van der Waals surface area contributed by atoms with Crippen LogP contribution in [0.1, 0.15) is 40.7 Å². The highest BCUT2D eigenvalue weighted by Crippen LogP contribution is 2.27. The maximum absolute atomic E-state index is 12.8. The molecule has 0 N–H and O–H groups in total. The van der Waals surface area contributed by atoms with E-state index >= 15 is 0 Å². The van der Waals surface area contributed by atoms with Crippen LogP contribution < -0.4 is 0 Å². The average Bonchev–Trinajstić information content (AvgIpc) is 2.54. The van der Waals surface area contributed by atoms with Gasteiger partial charge in [-0.15, -0.1) is 0 Å². The monoisotopic (exact) mass is 296 g/mol. The van der Waals surface area contributed by atoms with Crippen LogP contribution >= 0.6 is 0 Å². The fraction of sp³-hybridized carbons (Fsp3) is 0.263. The molecule has 1 atom stereocenters. The number of ether oxygens (including phenoxy) is 1. The fourth-order valence-corrected chi connectivity index (χ4v) is 2.51. The molecule has 114 valence electrons. The first-order chi connectivity index (χ1) is 10.6. The van der Waals surface area contributed by atoms with Crippen LogP contribution in [0.4, 0.5) is 0 Å². The summed E-state index contributed by atoms with van der Waals surface area (Å²) in [5.41, 5.74) is 2.49. The predicted octanol–water partition coefficient (Wildman–Crippen LogP) is 3.91. The molecule has 0 aliphatic carbocycles. The molecular formula is C19H20O3. The van der Waals surface area contributed by atoms with Crippen molar-refractivity contribution in [2.75, 3.05) is 6.61 Å². The van der Waals surface area contributed by atoms with Crippen LogP contribution in [0.5, 0.6) is 0 Å². The lowest BCUT2D eigenvalue weighted by Gasteiger charge is -2.18. The Hall–Kier alpha value is -2.42. The normalized spacial score (nSPS) is 11.7. The molecule has 3 nitrogen and oxygen atoms in total. The van der Waals surface area contributed by atoms with Crippen molar-refractivity contribution < 1.29 is 14.3 Å². The van der Waals surface area contributed by atoms with Crippen LogP contribution in [0.15, 0.2) is 54.6 Å². The Morgan fingerprint density at radius 3 is 2.27 bits per heavy atom. The molecule has 0 spiro atoms. The largest absolute Gasteiger partial charge is 0.466 e. The van der Waals surface area contributed by atoms with Crippen LogP contribution in [0, 0.1) is 6.92 Å². The zero-order valence-corrected chi connectivity index (χ0v) is 12.9. The van der Waals surface area contributed by atoms with E-state index in [9.17, 15) is 9.59 Å². The molecule has 0 aliphatic rings. The SMILES string of the molecule is CCOC(=O)CC(C(=O)c1ccccc1)c1ccccc1C. The third kappa shape index (κ3) is 3.82. The number of Topliss-reactive ketones (excluding diaryl/α,β-unsaturated/α-hetero) is 1. The summed E-state index contributed by atoms with van der Waals surface area (Å²) in [6, 6.07) is 16.7. The van der Waals surface area contributed by atoms with E-state index in [1.165, 1.54) is 0 Å². The lowest BCUT2D eigenvalue weighted by molar-refractivity contribution is -0.143. The number of carbonyl (C=O) groups is 2. The number of benzene rings is 2. The van der Waals surface area contributed by atoms with Gasteiger partial charge in [-0.05, 0) is 25.0 Å². The zero-order valence-electron chi connectivity index (χ0n) is 12.9. The van der Waals surface area contributed by atoms with Crippen LogP contribution in [0.25, 0.3) is 0 Å². The first-order valence-corrected chi connectivity index (χ1v) is 7.44. The van der Waals surface area contributed by atoms with Gasteiger partial charge in [-0.1, -0.05) is 54.6 Å². The highest BCUT2D eigenvalue weighted by molar-refractivity contribution is 6.02. The summed E-state index contributed by atoms with van der Waals surface area (Å²) < 4.78 is 5.03. The standard InChI is InChI=1S/C19H20O3/c1-3-22-18(20)13-17(16-12-8-7-9-14(16)2)19(21)15-10-5-4-6-11-15/h4-12,17H,3,13H2,1-2H3. The molecule has 22 heavy (non-hydrogen) atoms. The Morgan fingerprint density at radius 1 is 1.00 bits per heavy atom. The van der Waals surface area contributed by atoms with Gasteiger partial charge < -0.3 is 4.74 Å². The molecule has 0 amide bonds. The molecule has 3 heteroatoms. The number of carbonyl (C=O) groups excluding carboxylic acids is 2. The van der Waals surface area contributed by atoms with Crippen LogP contribution in [0.3, 0.4) is 0 Å². The zero-order chi connectivity index (χ0) is 15.9. The van der Waals surface area contributed by atoms with Crippen molar-refractivity contribution in [1.82, 2.24) is 0 Å². The molecule has 2 aromatic rings. The third-order valence-electron chi connectivity index (χ3n) is 3.61. The van der Waals surface area contributed by atoms with E-state index < -0.39 is 5.92 Å². The van der Waals surface area contributed by atoms with Gasteiger partial charge in [-0.3, -0.25) is 9.59 Å². The summed E-state index contributed by atoms with van der Waals surface area (Å²) in [7, 11) is 0. The molecule has 0 heterocycles. The second-order valence-electron chi connectivity index (χ2n) is 5.15. The van der Waals surface area contributed by atoms with Crippen molar-refractivity contribution in [3.63, 3.8) is 0 Å². The number of rotatable bonds is 6. The Balaban J connectivity index is 2.35. The van der Waals surface area contributed by atoms with Gasteiger partial charge in [0.25, 0.3) is 0 Å². The minimum Gasteiger partial charge on any atom is -0.466 e. The second-order valence-corrected chi connectivity index (χ2v) is 5.15. The number of hydrogen-bond acceptors (Lipinski definition) is 3. The van der Waals surface area contributed by atoms with Crippen LogP contribution in [0.2, 0.25) is 0 Å². The molecule has 0 aromatic heterocycles. The van der Waals surface area contributed by atoms with E-state index in [0.29, 0.717) is 12.2 Å². The van der Waals surface area contributed by atoms with Crippen molar-refractivity contribution in [2.24, 2.45) is 0 Å². The number of aryl methyl sites for hydroxylation is 1. The molecule has 0 bridgehead atoms. The highest BCUT2D eigenvalue weighted by Gasteiger charge is 2.26. The molecule has 0 aliphatic heterocycles. The second kappa shape index (κ2) is 7.55. The van der Waals surface area contributed by atoms with Crippen LogP contribution in [-0.2, 0) is 9.53 Å². The van der Waals surface area contributed by atoms with E-state index in [1.807, 2.05) is 49.4 Å². The van der Waals surface area contributed by atoms with Gasteiger partial charge in [0.2, 0.25) is 0 Å². The molecule has 0 saturated carbocycles. The molecule has 1 unspecified atom stereocenters. The first kappa shape index (κ1) is 16.0. The summed E-state index contributed by atoms with van der Waals surface area (Å²) in [6.45, 7) is 4.03. The summed E-state index contributed by atoms with van der Waals surface area (Å²) in [4.78, 5) is 24.7.